The van der Waals surface area contributed by atoms with E-state index in [0.29, 0.717) is 5.92 Å². The van der Waals surface area contributed by atoms with E-state index in [1.165, 1.54) is 50.1 Å². The maximum Gasteiger partial charge on any atom is 0.0387 e. The molecule has 0 radical (unpaired) electrons. The fourth-order valence-corrected chi connectivity index (χ4v) is 7.20. The van der Waals surface area contributed by atoms with Crippen molar-refractivity contribution in [2.45, 2.75) is 52.4 Å². The Kier molecular flexibility index (Phi) is 21.8. The standard InChI is InChI=1S/C45H44.C15H17N.C2H4/c1-4-19-37(20-5-2)42-32-43(38-22-12-8-13-23-38)34-44(33-42)41-30-35(6-3)29-36(31-41)21-11-7-18-28-45(39-24-14-9-15-25-39)40-26-16-10-17-27-40;1-2-3-4-5-6-10-13-15(16)14-11-8-7-9-12-14;1-2/h4-5,7-16,18-20,22-26,28-34,45H,1,6,17,21,27H2,2-3H3;2-13H,16H2,1H3;1-2H2/b11-7-,20-5-,28-18-,37-19+;3-2+,5-4-,10-6-,15-13-;. The Hall–Kier alpha value is -7.22. The van der Waals surface area contributed by atoms with Crippen molar-refractivity contribution in [1.82, 2.24) is 0 Å². The van der Waals surface area contributed by atoms with Crippen LogP contribution in [0.15, 0.2) is 262 Å². The van der Waals surface area contributed by atoms with E-state index in [4.69, 9.17) is 5.73 Å². The van der Waals surface area contributed by atoms with Crippen molar-refractivity contribution in [3.05, 3.63) is 290 Å². The first-order valence-corrected chi connectivity index (χ1v) is 22.0. The van der Waals surface area contributed by atoms with Crippen LogP contribution in [-0.4, -0.2) is 0 Å². The molecule has 0 saturated carbocycles. The van der Waals surface area contributed by atoms with Crippen LogP contribution in [0.4, 0.5) is 0 Å². The second kappa shape index (κ2) is 28.3. The number of nitrogens with two attached hydrogens (primary N) is 1. The monoisotopic (exact) mass is 824 g/mol. The summed E-state index contributed by atoms with van der Waals surface area (Å²) >= 11 is 0. The van der Waals surface area contributed by atoms with Crippen LogP contribution in [-0.2, 0) is 12.8 Å². The third-order valence-electron chi connectivity index (χ3n) is 10.3. The summed E-state index contributed by atoms with van der Waals surface area (Å²) in [6.45, 7) is 16.3. The second-order valence-corrected chi connectivity index (χ2v) is 14.8. The third-order valence-corrected chi connectivity index (χ3v) is 10.3. The molecule has 1 heteroatoms. The van der Waals surface area contributed by atoms with Gasteiger partial charge in [-0.1, -0.05) is 232 Å². The van der Waals surface area contributed by atoms with Crippen LogP contribution >= 0.6 is 0 Å². The van der Waals surface area contributed by atoms with Crippen molar-refractivity contribution in [3.63, 3.8) is 0 Å². The van der Waals surface area contributed by atoms with Gasteiger partial charge in [0.1, 0.15) is 0 Å². The summed E-state index contributed by atoms with van der Waals surface area (Å²) < 4.78 is 0. The molecule has 0 saturated heterocycles. The van der Waals surface area contributed by atoms with Crippen molar-refractivity contribution in [2.75, 3.05) is 0 Å². The van der Waals surface area contributed by atoms with Crippen molar-refractivity contribution in [2.24, 2.45) is 5.73 Å². The zero-order valence-corrected chi connectivity index (χ0v) is 37.6. The lowest BCUT2D eigenvalue weighted by molar-refractivity contribution is 0.851. The van der Waals surface area contributed by atoms with Gasteiger partial charge in [-0.2, -0.15) is 0 Å². The summed E-state index contributed by atoms with van der Waals surface area (Å²) in [6, 6.07) is 45.4. The minimum absolute atomic E-state index is 0.310. The molecule has 1 aliphatic carbocycles. The van der Waals surface area contributed by atoms with Crippen LogP contribution < -0.4 is 5.73 Å². The van der Waals surface area contributed by atoms with Crippen LogP contribution in [0.3, 0.4) is 0 Å². The summed E-state index contributed by atoms with van der Waals surface area (Å²) in [5.41, 5.74) is 20.5. The molecule has 0 spiro atoms. The number of allylic oxidation sites excluding steroid dienone is 20. The minimum atomic E-state index is 0.310. The average Bonchev–Trinajstić information content (AvgIpc) is 3.35. The normalized spacial score (nSPS) is 13.7. The molecule has 0 bridgehead atoms. The highest BCUT2D eigenvalue weighted by atomic mass is 14.6. The Morgan fingerprint density at radius 2 is 1.27 bits per heavy atom. The van der Waals surface area contributed by atoms with Gasteiger partial charge in [0.25, 0.3) is 0 Å². The van der Waals surface area contributed by atoms with Gasteiger partial charge in [-0.05, 0) is 119 Å². The number of hydrogen-bond donors (Lipinski definition) is 1. The molecule has 0 fully saturated rings. The van der Waals surface area contributed by atoms with Gasteiger partial charge in [0.2, 0.25) is 0 Å². The Balaban J connectivity index is 0.000000406. The van der Waals surface area contributed by atoms with Crippen LogP contribution in [0.1, 0.15) is 67.3 Å². The first kappa shape index (κ1) is 48.4. The maximum atomic E-state index is 5.91. The predicted molar refractivity (Wildman–Crippen MR) is 280 cm³/mol. The molecule has 0 heterocycles. The van der Waals surface area contributed by atoms with Gasteiger partial charge < -0.3 is 5.73 Å². The van der Waals surface area contributed by atoms with Gasteiger partial charge in [0.15, 0.2) is 0 Å². The van der Waals surface area contributed by atoms with Crippen molar-refractivity contribution in [3.8, 4) is 22.3 Å². The lowest BCUT2D eigenvalue weighted by Crippen LogP contribution is -2.01. The predicted octanol–water partition coefficient (Wildman–Crippen LogP) is 16.9. The molecule has 1 atom stereocenters. The fraction of sp³-hybridized carbons (Fsp3) is 0.129. The van der Waals surface area contributed by atoms with Crippen LogP contribution in [0.25, 0.3) is 33.5 Å². The Morgan fingerprint density at radius 3 is 1.92 bits per heavy atom. The Labute approximate surface area is 379 Å². The van der Waals surface area contributed by atoms with E-state index in [1.807, 2.05) is 85.9 Å². The van der Waals surface area contributed by atoms with E-state index in [-0.39, 0.29) is 0 Å². The summed E-state index contributed by atoms with van der Waals surface area (Å²) in [6.07, 6.45) is 41.8. The summed E-state index contributed by atoms with van der Waals surface area (Å²) in [5.74, 6) is 0.310. The number of benzene rings is 5. The van der Waals surface area contributed by atoms with Crippen LogP contribution in [0.5, 0.6) is 0 Å². The first-order chi connectivity index (χ1) is 31.0. The molecule has 2 N–H and O–H groups in total. The highest BCUT2D eigenvalue weighted by Crippen LogP contribution is 2.34. The van der Waals surface area contributed by atoms with Gasteiger partial charge in [0, 0.05) is 11.6 Å². The molecule has 318 valence electrons. The van der Waals surface area contributed by atoms with E-state index in [9.17, 15) is 0 Å². The number of hydrogen-bond acceptors (Lipinski definition) is 1. The summed E-state index contributed by atoms with van der Waals surface area (Å²) in [4.78, 5) is 0. The SMILES string of the molecule is C/C=C/C=C\C=C/C=C(\N)c1ccccc1.C=C.C=C/C=C(\C=C/C)c1cc(-c2ccccc2)cc(-c2cc(CC)cc(C/C=C\C=C/C(C3=CC=CCC3)c3ccccc3)c2)c1. The van der Waals surface area contributed by atoms with E-state index in [0.717, 1.165) is 42.5 Å². The van der Waals surface area contributed by atoms with E-state index in [2.05, 4.69) is 191 Å². The highest BCUT2D eigenvalue weighted by molar-refractivity contribution is 5.84. The molecule has 5 aromatic carbocycles. The van der Waals surface area contributed by atoms with Gasteiger partial charge in [-0.15, -0.1) is 13.2 Å². The first-order valence-electron chi connectivity index (χ1n) is 22.0. The molecule has 0 aromatic heterocycles. The number of aryl methyl sites for hydroxylation is 1. The average molecular weight is 824 g/mol. The summed E-state index contributed by atoms with van der Waals surface area (Å²) in [5, 5.41) is 0. The molecule has 6 rings (SSSR count). The van der Waals surface area contributed by atoms with Crippen molar-refractivity contribution in [1.29, 1.82) is 0 Å². The molecule has 1 aliphatic rings. The highest BCUT2D eigenvalue weighted by Gasteiger charge is 2.14. The molecule has 1 unspecified atom stereocenters. The lowest BCUT2D eigenvalue weighted by atomic mass is 9.86. The Morgan fingerprint density at radius 1 is 0.635 bits per heavy atom. The number of rotatable bonds is 16. The van der Waals surface area contributed by atoms with Gasteiger partial charge >= 0.3 is 0 Å². The molecule has 5 aromatic rings. The minimum Gasteiger partial charge on any atom is -0.398 e. The van der Waals surface area contributed by atoms with E-state index in [1.54, 1.807) is 0 Å². The van der Waals surface area contributed by atoms with E-state index < -0.39 is 0 Å². The summed E-state index contributed by atoms with van der Waals surface area (Å²) in [7, 11) is 0. The zero-order valence-electron chi connectivity index (χ0n) is 37.6. The third kappa shape index (κ3) is 16.3. The smallest absolute Gasteiger partial charge is 0.0387 e. The van der Waals surface area contributed by atoms with Gasteiger partial charge in [-0.25, -0.2) is 0 Å². The molecule has 0 aliphatic heterocycles. The zero-order chi connectivity index (χ0) is 44.9. The van der Waals surface area contributed by atoms with Gasteiger partial charge in [-0.3, -0.25) is 0 Å². The largest absolute Gasteiger partial charge is 0.398 e. The van der Waals surface area contributed by atoms with Crippen molar-refractivity contribution >= 4 is 11.3 Å². The maximum absolute atomic E-state index is 5.91. The molecule has 0 amide bonds. The second-order valence-electron chi connectivity index (χ2n) is 14.8. The van der Waals surface area contributed by atoms with E-state index >= 15 is 0 Å². The van der Waals surface area contributed by atoms with Crippen LogP contribution in [0, 0.1) is 0 Å². The van der Waals surface area contributed by atoms with Crippen LogP contribution in [0.2, 0.25) is 0 Å². The lowest BCUT2D eigenvalue weighted by Gasteiger charge is -2.19. The topological polar surface area (TPSA) is 26.0 Å². The molecular weight excluding hydrogens is 759 g/mol. The molecule has 1 nitrogen and oxygen atoms in total. The van der Waals surface area contributed by atoms with Crippen molar-refractivity contribution < 1.29 is 0 Å². The molecular formula is C62H65N. The van der Waals surface area contributed by atoms with Gasteiger partial charge in [0.05, 0.1) is 0 Å². The quantitative estimate of drug-likeness (QED) is 0.0778. The molecule has 63 heavy (non-hydrogen) atoms. The Bertz CT molecular complexity index is 2460. The fourth-order valence-electron chi connectivity index (χ4n) is 7.20.